The standard InChI is InChI=1S/C19H23N3O2.ClH/c1-13-11-24-17(21-13)14-5-4-7-16(9-14)22-18(23)19-8-3-2-6-15(19)10-20-12-19;/h4-5,7,9,11,15,20H,2-3,6,8,10,12H2,1H3,(H,22,23);1H/t15-,19+;/m0./s1. The summed E-state index contributed by atoms with van der Waals surface area (Å²) in [6.07, 6.45) is 6.14. The van der Waals surface area contributed by atoms with Gasteiger partial charge in [0.05, 0.1) is 11.1 Å². The van der Waals surface area contributed by atoms with Gasteiger partial charge in [0.2, 0.25) is 11.8 Å². The van der Waals surface area contributed by atoms with Crippen molar-refractivity contribution in [1.82, 2.24) is 10.3 Å². The number of nitrogens with zero attached hydrogens (tertiary/aromatic N) is 1. The van der Waals surface area contributed by atoms with E-state index in [-0.39, 0.29) is 23.7 Å². The largest absolute Gasteiger partial charge is 0.444 e. The normalized spacial score (nSPS) is 25.1. The van der Waals surface area contributed by atoms with E-state index in [0.29, 0.717) is 11.8 Å². The lowest BCUT2D eigenvalue weighted by atomic mass is 9.67. The summed E-state index contributed by atoms with van der Waals surface area (Å²) in [7, 11) is 0. The monoisotopic (exact) mass is 361 g/mol. The molecule has 1 aliphatic heterocycles. The first-order valence-electron chi connectivity index (χ1n) is 8.72. The van der Waals surface area contributed by atoms with Gasteiger partial charge in [0.15, 0.2) is 0 Å². The van der Waals surface area contributed by atoms with Crippen molar-refractivity contribution >= 4 is 24.0 Å². The van der Waals surface area contributed by atoms with Crippen molar-refractivity contribution in [3.05, 3.63) is 36.2 Å². The third kappa shape index (κ3) is 3.31. The summed E-state index contributed by atoms with van der Waals surface area (Å²) in [6.45, 7) is 3.65. The Kier molecular flexibility index (Phi) is 5.16. The molecule has 0 spiro atoms. The number of amides is 1. The number of halogens is 1. The molecule has 1 amide bonds. The van der Waals surface area contributed by atoms with Crippen LogP contribution in [-0.4, -0.2) is 24.0 Å². The lowest BCUT2D eigenvalue weighted by Gasteiger charge is -2.37. The molecule has 0 bridgehead atoms. The summed E-state index contributed by atoms with van der Waals surface area (Å²) in [5.41, 5.74) is 2.29. The molecular weight excluding hydrogens is 338 g/mol. The summed E-state index contributed by atoms with van der Waals surface area (Å²) in [5, 5.41) is 6.57. The van der Waals surface area contributed by atoms with Crippen LogP contribution in [0, 0.1) is 18.3 Å². The molecule has 0 unspecified atom stereocenters. The maximum atomic E-state index is 13.0. The van der Waals surface area contributed by atoms with Gasteiger partial charge < -0.3 is 15.1 Å². The second-order valence-corrected chi connectivity index (χ2v) is 7.06. The van der Waals surface area contributed by atoms with Gasteiger partial charge in [0.1, 0.15) is 6.26 Å². The van der Waals surface area contributed by atoms with E-state index < -0.39 is 0 Å². The fraction of sp³-hybridized carbons (Fsp3) is 0.474. The molecule has 1 aliphatic carbocycles. The number of benzene rings is 1. The lowest BCUT2D eigenvalue weighted by molar-refractivity contribution is -0.128. The minimum absolute atomic E-state index is 0. The Morgan fingerprint density at radius 2 is 2.28 bits per heavy atom. The van der Waals surface area contributed by atoms with Crippen molar-refractivity contribution in [2.24, 2.45) is 11.3 Å². The molecule has 4 rings (SSSR count). The number of rotatable bonds is 3. The van der Waals surface area contributed by atoms with Crippen molar-refractivity contribution in [2.45, 2.75) is 32.6 Å². The molecule has 1 saturated heterocycles. The first-order chi connectivity index (χ1) is 11.7. The molecule has 5 nitrogen and oxygen atoms in total. The highest BCUT2D eigenvalue weighted by Gasteiger charge is 2.49. The van der Waals surface area contributed by atoms with Crippen LogP contribution in [0.1, 0.15) is 31.4 Å². The molecule has 2 aliphatic rings. The van der Waals surface area contributed by atoms with E-state index in [0.717, 1.165) is 49.3 Å². The lowest BCUT2D eigenvalue weighted by Crippen LogP contribution is -2.44. The second-order valence-electron chi connectivity index (χ2n) is 7.06. The number of oxazole rings is 1. The number of aromatic nitrogens is 1. The molecule has 1 aromatic heterocycles. The van der Waals surface area contributed by atoms with Crippen LogP contribution in [0.2, 0.25) is 0 Å². The molecule has 0 radical (unpaired) electrons. The van der Waals surface area contributed by atoms with Gasteiger partial charge in [0, 0.05) is 17.8 Å². The van der Waals surface area contributed by atoms with Crippen LogP contribution in [0.4, 0.5) is 5.69 Å². The number of carbonyl (C=O) groups is 1. The quantitative estimate of drug-likeness (QED) is 0.872. The van der Waals surface area contributed by atoms with Gasteiger partial charge in [-0.05, 0) is 50.4 Å². The fourth-order valence-corrected chi connectivity index (χ4v) is 4.16. The van der Waals surface area contributed by atoms with Crippen LogP contribution in [0.25, 0.3) is 11.5 Å². The highest BCUT2D eigenvalue weighted by atomic mass is 35.5. The second kappa shape index (κ2) is 7.18. The van der Waals surface area contributed by atoms with Crippen LogP contribution in [0.15, 0.2) is 34.9 Å². The van der Waals surface area contributed by atoms with E-state index in [9.17, 15) is 4.79 Å². The average molecular weight is 362 g/mol. The zero-order valence-electron chi connectivity index (χ0n) is 14.4. The summed E-state index contributed by atoms with van der Waals surface area (Å²) in [5.74, 6) is 1.20. The van der Waals surface area contributed by atoms with Crippen LogP contribution >= 0.6 is 12.4 Å². The van der Waals surface area contributed by atoms with E-state index in [1.807, 2.05) is 31.2 Å². The SMILES string of the molecule is Cc1coc(-c2cccc(NC(=O)[C@@]34CCCC[C@H]3CNC4)c2)n1.Cl. The van der Waals surface area contributed by atoms with Crippen molar-refractivity contribution < 1.29 is 9.21 Å². The number of aryl methyl sites for hydroxylation is 1. The van der Waals surface area contributed by atoms with Gasteiger partial charge in [-0.1, -0.05) is 18.9 Å². The van der Waals surface area contributed by atoms with Crippen LogP contribution < -0.4 is 10.6 Å². The predicted molar refractivity (Wildman–Crippen MR) is 99.8 cm³/mol. The smallest absolute Gasteiger partial charge is 0.232 e. The molecule has 2 N–H and O–H groups in total. The van der Waals surface area contributed by atoms with E-state index >= 15 is 0 Å². The van der Waals surface area contributed by atoms with Crippen LogP contribution in [0.5, 0.6) is 0 Å². The van der Waals surface area contributed by atoms with Crippen LogP contribution in [-0.2, 0) is 4.79 Å². The topological polar surface area (TPSA) is 67.2 Å². The Hall–Kier alpha value is -1.85. The third-order valence-electron chi connectivity index (χ3n) is 5.48. The zero-order chi connectivity index (χ0) is 16.6. The van der Waals surface area contributed by atoms with Gasteiger partial charge >= 0.3 is 0 Å². The highest BCUT2D eigenvalue weighted by Crippen LogP contribution is 2.44. The first kappa shape index (κ1) is 18.0. The van der Waals surface area contributed by atoms with Gasteiger partial charge in [-0.25, -0.2) is 4.98 Å². The molecule has 25 heavy (non-hydrogen) atoms. The Balaban J connectivity index is 0.00000182. The summed E-state index contributed by atoms with van der Waals surface area (Å²) >= 11 is 0. The average Bonchev–Trinajstić information content (AvgIpc) is 3.22. The molecular formula is C19H24ClN3O2. The Bertz CT molecular complexity index is 761. The summed E-state index contributed by atoms with van der Waals surface area (Å²) < 4.78 is 5.46. The summed E-state index contributed by atoms with van der Waals surface area (Å²) in [6, 6.07) is 7.72. The number of carbonyl (C=O) groups excluding carboxylic acids is 1. The van der Waals surface area contributed by atoms with E-state index in [4.69, 9.17) is 4.42 Å². The molecule has 2 aromatic rings. The molecule has 1 aromatic carbocycles. The number of hydrogen-bond donors (Lipinski definition) is 2. The number of anilines is 1. The zero-order valence-corrected chi connectivity index (χ0v) is 15.2. The van der Waals surface area contributed by atoms with E-state index in [2.05, 4.69) is 15.6 Å². The summed E-state index contributed by atoms with van der Waals surface area (Å²) in [4.78, 5) is 17.4. The number of fused-ring (bicyclic) bond motifs is 1. The minimum atomic E-state index is -0.242. The first-order valence-corrected chi connectivity index (χ1v) is 8.72. The van der Waals surface area contributed by atoms with Gasteiger partial charge in [-0.2, -0.15) is 0 Å². The van der Waals surface area contributed by atoms with E-state index in [1.54, 1.807) is 6.26 Å². The Morgan fingerprint density at radius 3 is 3.08 bits per heavy atom. The van der Waals surface area contributed by atoms with E-state index in [1.165, 1.54) is 6.42 Å². The fourth-order valence-electron chi connectivity index (χ4n) is 4.16. The molecule has 1 saturated carbocycles. The number of hydrogen-bond acceptors (Lipinski definition) is 4. The van der Waals surface area contributed by atoms with Crippen molar-refractivity contribution in [2.75, 3.05) is 18.4 Å². The molecule has 2 atom stereocenters. The van der Waals surface area contributed by atoms with Gasteiger partial charge in [-0.15, -0.1) is 12.4 Å². The minimum Gasteiger partial charge on any atom is -0.444 e. The predicted octanol–water partition coefficient (Wildman–Crippen LogP) is 3.79. The van der Waals surface area contributed by atoms with Gasteiger partial charge in [0.25, 0.3) is 0 Å². The molecule has 2 fully saturated rings. The third-order valence-corrected chi connectivity index (χ3v) is 5.48. The van der Waals surface area contributed by atoms with Crippen molar-refractivity contribution in [3.63, 3.8) is 0 Å². The maximum Gasteiger partial charge on any atom is 0.232 e. The molecule has 134 valence electrons. The maximum absolute atomic E-state index is 13.0. The highest BCUT2D eigenvalue weighted by molar-refractivity contribution is 5.96. The Labute approximate surface area is 154 Å². The molecule has 2 heterocycles. The number of nitrogens with one attached hydrogen (secondary N) is 2. The Morgan fingerprint density at radius 1 is 1.40 bits per heavy atom. The van der Waals surface area contributed by atoms with Crippen molar-refractivity contribution in [1.29, 1.82) is 0 Å². The van der Waals surface area contributed by atoms with Gasteiger partial charge in [-0.3, -0.25) is 4.79 Å². The van der Waals surface area contributed by atoms with Crippen LogP contribution in [0.3, 0.4) is 0 Å². The molecule has 6 heteroatoms. The van der Waals surface area contributed by atoms with Crippen molar-refractivity contribution in [3.8, 4) is 11.5 Å².